The van der Waals surface area contributed by atoms with E-state index in [9.17, 15) is 0 Å². The second-order valence-electron chi connectivity index (χ2n) is 26.0. The molecule has 18 rings (SSSR count). The molecule has 0 radical (unpaired) electrons. The standard InChI is InChI=1S/C84H63BN4Si2/c1-90(2)78-48-28-27-47-73(78)89-75-54-69-74(55-79(75)91(3,4)81-51-60(50-80(90)84(81)89)82-66-41-19-17-33-58(66)49-59-34-18-20-42-67(59)82)88(71-45-25-22-40-65(71)57-31-11-6-12-32-57)77-53-63(86(61-35-13-7-14-36-61)62-37-15-8-16-38-62)52-76-83(77)85(69)68-43-23-26-46-72(68)87(76)70-44-24-21-39-64(70)56-29-9-5-10-30-56/h5-55H,1-4H3. The van der Waals surface area contributed by atoms with Crippen LogP contribution in [0.3, 0.4) is 0 Å². The summed E-state index contributed by atoms with van der Waals surface area (Å²) in [7, 11) is -5.08. The maximum Gasteiger partial charge on any atom is 0.252 e. The lowest BCUT2D eigenvalue weighted by molar-refractivity contribution is 1.22. The number of anilines is 12. The Morgan fingerprint density at radius 1 is 0.286 bits per heavy atom. The molecule has 0 atom stereocenters. The summed E-state index contributed by atoms with van der Waals surface area (Å²) in [6, 6.07) is 117. The van der Waals surface area contributed by atoms with Crippen LogP contribution in [0.4, 0.5) is 68.2 Å². The molecule has 0 unspecified atom stereocenters. The lowest BCUT2D eigenvalue weighted by atomic mass is 9.33. The van der Waals surface area contributed by atoms with Crippen LogP contribution in [0.1, 0.15) is 0 Å². The molecule has 0 aromatic heterocycles. The highest BCUT2D eigenvalue weighted by atomic mass is 28.3. The predicted molar refractivity (Wildman–Crippen MR) is 395 cm³/mol. The summed E-state index contributed by atoms with van der Waals surface area (Å²) in [4.78, 5) is 10.5. The first-order valence-electron chi connectivity index (χ1n) is 31.9. The third kappa shape index (κ3) is 8.00. The molecular formula is C84H63BN4Si2. The highest BCUT2D eigenvalue weighted by Crippen LogP contribution is 2.53. The van der Waals surface area contributed by atoms with E-state index < -0.39 is 16.1 Å². The van der Waals surface area contributed by atoms with Crippen molar-refractivity contribution in [2.45, 2.75) is 26.2 Å². The molecule has 0 N–H and O–H groups in total. The van der Waals surface area contributed by atoms with Gasteiger partial charge in [-0.15, -0.1) is 0 Å². The van der Waals surface area contributed by atoms with Crippen LogP contribution >= 0.6 is 0 Å². The predicted octanol–water partition coefficient (Wildman–Crippen LogP) is 18.3. The minimum atomic E-state index is -2.70. The summed E-state index contributed by atoms with van der Waals surface area (Å²) in [6.45, 7) is 10.3. The Labute approximate surface area is 534 Å². The van der Waals surface area contributed by atoms with Crippen molar-refractivity contribution in [3.63, 3.8) is 0 Å². The van der Waals surface area contributed by atoms with E-state index in [1.807, 2.05) is 0 Å². The Kier molecular flexibility index (Phi) is 12.0. The third-order valence-corrected chi connectivity index (χ3v) is 27.3. The van der Waals surface area contributed by atoms with Crippen molar-refractivity contribution in [2.75, 3.05) is 19.6 Å². The van der Waals surface area contributed by atoms with Gasteiger partial charge in [-0.2, -0.15) is 0 Å². The molecule has 0 bridgehead atoms. The number of rotatable bonds is 8. The highest BCUT2D eigenvalue weighted by Gasteiger charge is 2.51. The second kappa shape index (κ2) is 20.4. The maximum absolute atomic E-state index is 2.74. The lowest BCUT2D eigenvalue weighted by Gasteiger charge is -2.50. The summed E-state index contributed by atoms with van der Waals surface area (Å²) in [5, 5.41) is 11.0. The van der Waals surface area contributed by atoms with E-state index in [2.05, 4.69) is 355 Å². The van der Waals surface area contributed by atoms with Crippen LogP contribution in [-0.4, -0.2) is 22.9 Å². The fraction of sp³-hybridized carbons (Fsp3) is 0.0476. The molecule has 4 aliphatic rings. The lowest BCUT2D eigenvalue weighted by Crippen LogP contribution is -2.68. The molecule has 0 fully saturated rings. The van der Waals surface area contributed by atoms with Crippen LogP contribution in [0, 0.1) is 0 Å². The van der Waals surface area contributed by atoms with Crippen LogP contribution in [0.5, 0.6) is 0 Å². The molecule has 0 amide bonds. The fourth-order valence-electron chi connectivity index (χ4n) is 16.1. The molecule has 4 nitrogen and oxygen atoms in total. The Morgan fingerprint density at radius 3 is 1.31 bits per heavy atom. The van der Waals surface area contributed by atoms with Gasteiger partial charge >= 0.3 is 0 Å². The van der Waals surface area contributed by atoms with E-state index in [1.54, 1.807) is 0 Å². The fourth-order valence-corrected chi connectivity index (χ4v) is 22.2. The molecule has 0 saturated carbocycles. The maximum atomic E-state index is 2.74. The van der Waals surface area contributed by atoms with E-state index in [0.29, 0.717) is 0 Å². The van der Waals surface area contributed by atoms with Crippen molar-refractivity contribution < 1.29 is 0 Å². The summed E-state index contributed by atoms with van der Waals surface area (Å²) in [6.07, 6.45) is 0. The Hall–Kier alpha value is -10.7. The van der Waals surface area contributed by atoms with Gasteiger partial charge in [0.05, 0.1) is 17.1 Å². The van der Waals surface area contributed by atoms with Crippen LogP contribution in [0.15, 0.2) is 309 Å². The van der Waals surface area contributed by atoms with Gasteiger partial charge in [-0.05, 0) is 160 Å². The first-order chi connectivity index (χ1) is 44.7. The van der Waals surface area contributed by atoms with Gasteiger partial charge in [0.2, 0.25) is 0 Å². The molecule has 0 aliphatic carbocycles. The molecular weight excluding hydrogens is 1130 g/mol. The molecule has 14 aromatic rings. The Balaban J connectivity index is 0.974. The minimum absolute atomic E-state index is 0.156. The number of para-hydroxylation sites is 6. The summed E-state index contributed by atoms with van der Waals surface area (Å²) in [5.74, 6) is 0. The van der Waals surface area contributed by atoms with Crippen molar-refractivity contribution in [3.05, 3.63) is 309 Å². The van der Waals surface area contributed by atoms with E-state index in [-0.39, 0.29) is 6.71 Å². The zero-order valence-electron chi connectivity index (χ0n) is 51.3. The number of hydrogen-bond donors (Lipinski definition) is 0. The van der Waals surface area contributed by atoms with E-state index in [4.69, 9.17) is 0 Å². The average Bonchev–Trinajstić information content (AvgIpc) is 0.691. The first kappa shape index (κ1) is 53.3. The van der Waals surface area contributed by atoms with Crippen molar-refractivity contribution >= 4 is 150 Å². The quantitative estimate of drug-likeness (QED) is 0.111. The van der Waals surface area contributed by atoms with Crippen molar-refractivity contribution in [1.29, 1.82) is 0 Å². The smallest absolute Gasteiger partial charge is 0.252 e. The van der Waals surface area contributed by atoms with Gasteiger partial charge in [0.15, 0.2) is 0 Å². The molecule has 0 saturated heterocycles. The topological polar surface area (TPSA) is 13.0 Å². The second-order valence-corrected chi connectivity index (χ2v) is 34.6. The summed E-state index contributed by atoms with van der Waals surface area (Å²) >= 11 is 0. The van der Waals surface area contributed by atoms with Crippen LogP contribution in [0.25, 0.3) is 54.9 Å². The van der Waals surface area contributed by atoms with E-state index >= 15 is 0 Å². The van der Waals surface area contributed by atoms with Gasteiger partial charge in [-0.25, -0.2) is 0 Å². The van der Waals surface area contributed by atoms with Crippen LogP contribution in [0.2, 0.25) is 26.2 Å². The number of hydrogen-bond acceptors (Lipinski definition) is 4. The number of fused-ring (bicyclic) bond motifs is 10. The Bertz CT molecular complexity index is 5190. The van der Waals surface area contributed by atoms with Gasteiger partial charge in [0.1, 0.15) is 16.1 Å². The SMILES string of the molecule is C[Si]1(C)c2ccccc2N2c3cc4c(cc3[Si](C)(C)c3cc(-c5c6ccccc6cc6ccccc56)cc1c32)N(c1ccccc1-c1ccccc1)c1cc(N(c2ccccc2)c2ccccc2)cc2c1B4c1ccccc1N2c1ccccc1-c1ccccc1. The first-order valence-corrected chi connectivity index (χ1v) is 37.9. The van der Waals surface area contributed by atoms with Crippen LogP contribution < -0.4 is 56.7 Å². The molecule has 430 valence electrons. The molecule has 14 aromatic carbocycles. The monoisotopic (exact) mass is 1190 g/mol. The van der Waals surface area contributed by atoms with Gasteiger partial charge in [-0.3, -0.25) is 0 Å². The Morgan fingerprint density at radius 2 is 0.736 bits per heavy atom. The van der Waals surface area contributed by atoms with E-state index in [1.165, 1.54) is 120 Å². The van der Waals surface area contributed by atoms with Gasteiger partial charge in [-0.1, -0.05) is 257 Å². The molecule has 4 aliphatic heterocycles. The van der Waals surface area contributed by atoms with Gasteiger partial charge in [0.25, 0.3) is 6.71 Å². The number of nitrogens with zero attached hydrogens (tertiary/aromatic N) is 4. The van der Waals surface area contributed by atoms with Crippen molar-refractivity contribution in [2.24, 2.45) is 0 Å². The van der Waals surface area contributed by atoms with Gasteiger partial charge in [0, 0.05) is 62.3 Å². The molecule has 4 heterocycles. The van der Waals surface area contributed by atoms with E-state index in [0.717, 1.165) is 39.8 Å². The van der Waals surface area contributed by atoms with Crippen molar-refractivity contribution in [1.82, 2.24) is 0 Å². The largest absolute Gasteiger partial charge is 0.311 e. The zero-order chi connectivity index (χ0) is 60.7. The molecule has 91 heavy (non-hydrogen) atoms. The highest BCUT2D eigenvalue weighted by molar-refractivity contribution is 7.07. The van der Waals surface area contributed by atoms with Gasteiger partial charge < -0.3 is 19.6 Å². The third-order valence-electron chi connectivity index (χ3n) is 20.3. The summed E-state index contributed by atoms with van der Waals surface area (Å²) in [5.41, 5.74) is 25.4. The van der Waals surface area contributed by atoms with Crippen molar-refractivity contribution in [3.8, 4) is 33.4 Å². The number of benzene rings is 14. The normalized spacial score (nSPS) is 14.2. The average molecular weight is 1200 g/mol. The molecule has 7 heteroatoms. The summed E-state index contributed by atoms with van der Waals surface area (Å²) < 4.78 is 0. The zero-order valence-corrected chi connectivity index (χ0v) is 53.3. The minimum Gasteiger partial charge on any atom is -0.311 e. The molecule has 0 spiro atoms. The van der Waals surface area contributed by atoms with Crippen LogP contribution in [-0.2, 0) is 0 Å².